The van der Waals surface area contributed by atoms with Crippen LogP contribution in [-0.2, 0) is 29.3 Å². The highest BCUT2D eigenvalue weighted by Crippen LogP contribution is 2.36. The summed E-state index contributed by atoms with van der Waals surface area (Å²) in [6, 6.07) is 26.7. The van der Waals surface area contributed by atoms with Gasteiger partial charge in [-0.1, -0.05) is 64.1 Å². The number of hydrogen-bond acceptors (Lipinski definition) is 5. The summed E-state index contributed by atoms with van der Waals surface area (Å²) in [7, 11) is 0. The number of aromatic amines is 2. The van der Waals surface area contributed by atoms with Crippen LogP contribution in [-0.4, -0.2) is 59.0 Å². The molecule has 4 aromatic carbocycles. The number of aromatic nitrogens is 2. The highest BCUT2D eigenvalue weighted by Gasteiger charge is 2.18. The zero-order valence-corrected chi connectivity index (χ0v) is 31.7. The second kappa shape index (κ2) is 17.8. The summed E-state index contributed by atoms with van der Waals surface area (Å²) >= 11 is 2.74. The van der Waals surface area contributed by atoms with Crippen LogP contribution in [0.3, 0.4) is 0 Å². The number of H-pyrrole nitrogens is 2. The summed E-state index contributed by atoms with van der Waals surface area (Å²) in [5.41, 5.74) is 8.81. The summed E-state index contributed by atoms with van der Waals surface area (Å²) < 4.78 is 35.1. The molecule has 6 aromatic rings. The Morgan fingerprint density at radius 1 is 0.569 bits per heavy atom. The minimum Gasteiger partial charge on any atom is -0.358 e. The molecule has 6 rings (SSSR count). The molecule has 0 spiro atoms. The average molecular weight is 727 g/mol. The van der Waals surface area contributed by atoms with Gasteiger partial charge in [0.25, 0.3) is 0 Å². The van der Waals surface area contributed by atoms with E-state index in [1.54, 1.807) is 12.1 Å². The van der Waals surface area contributed by atoms with E-state index in [4.69, 9.17) is 3.63 Å². The van der Waals surface area contributed by atoms with Crippen molar-refractivity contribution in [2.75, 3.05) is 39.3 Å². The number of rotatable bonds is 18. The molecule has 0 saturated heterocycles. The van der Waals surface area contributed by atoms with Crippen LogP contribution < -0.4 is 0 Å². The van der Waals surface area contributed by atoms with E-state index in [9.17, 15) is 8.78 Å². The molecular weight excluding hydrogens is 679 g/mol. The minimum absolute atomic E-state index is 0.215. The summed E-state index contributed by atoms with van der Waals surface area (Å²) in [5.74, 6) is -0.429. The van der Waals surface area contributed by atoms with Gasteiger partial charge in [-0.25, -0.2) is 12.4 Å². The van der Waals surface area contributed by atoms with E-state index in [0.717, 1.165) is 106 Å². The van der Waals surface area contributed by atoms with E-state index in [-0.39, 0.29) is 11.6 Å². The highest BCUT2D eigenvalue weighted by atomic mass is 32.2. The molecule has 2 aromatic heterocycles. The maximum Gasteiger partial charge on any atom is 0.123 e. The first kappa shape index (κ1) is 37.2. The molecule has 2 N–H and O–H groups in total. The van der Waals surface area contributed by atoms with Crippen molar-refractivity contribution in [1.29, 1.82) is 0 Å². The van der Waals surface area contributed by atoms with E-state index in [1.165, 1.54) is 47.3 Å². The number of likely N-dealkylation sites (N-methyl/N-ethyl adjacent to an activating group) is 2. The Kier molecular flexibility index (Phi) is 12.9. The maximum atomic E-state index is 14.4. The predicted octanol–water partition coefficient (Wildman–Crippen LogP) is 10.6. The van der Waals surface area contributed by atoms with Gasteiger partial charge < -0.3 is 19.8 Å². The van der Waals surface area contributed by atoms with Crippen molar-refractivity contribution >= 4 is 45.9 Å². The lowest BCUT2D eigenvalue weighted by Gasteiger charge is -2.18. The van der Waals surface area contributed by atoms with Crippen LogP contribution in [0.25, 0.3) is 21.8 Å². The Morgan fingerprint density at radius 3 is 1.39 bits per heavy atom. The smallest absolute Gasteiger partial charge is 0.123 e. The quantitative estimate of drug-likeness (QED) is 0.0864. The monoisotopic (exact) mass is 726 g/mol. The number of halogens is 2. The Morgan fingerprint density at radius 2 is 0.980 bits per heavy atom. The molecule has 0 atom stereocenters. The molecule has 0 aliphatic carbocycles. The number of benzene rings is 4. The van der Waals surface area contributed by atoms with Crippen molar-refractivity contribution in [3.8, 4) is 0 Å². The van der Waals surface area contributed by atoms with Gasteiger partial charge in [-0.2, -0.15) is 0 Å². The summed E-state index contributed by atoms with van der Waals surface area (Å²) in [6.45, 7) is 14.5. The molecular formula is C42H48F2N4OS2. The van der Waals surface area contributed by atoms with Gasteiger partial charge in [-0.3, -0.25) is 0 Å². The van der Waals surface area contributed by atoms with Crippen molar-refractivity contribution < 1.29 is 12.4 Å². The number of nitrogens with one attached hydrogen (secondary N) is 2. The topological polar surface area (TPSA) is 47.3 Å². The molecule has 0 saturated carbocycles. The highest BCUT2D eigenvalue weighted by molar-refractivity contribution is 8.08. The zero-order chi connectivity index (χ0) is 35.7. The van der Waals surface area contributed by atoms with E-state index in [0.29, 0.717) is 12.8 Å². The molecule has 0 aliphatic heterocycles. The summed E-state index contributed by atoms with van der Waals surface area (Å²) in [5, 5.41) is 1.92. The Balaban J connectivity index is 1.19. The minimum atomic E-state index is -0.215. The van der Waals surface area contributed by atoms with Crippen LogP contribution in [0.15, 0.2) is 94.7 Å². The largest absolute Gasteiger partial charge is 0.358 e. The molecule has 51 heavy (non-hydrogen) atoms. The second-order valence-electron chi connectivity index (χ2n) is 12.9. The van der Waals surface area contributed by atoms with Crippen LogP contribution in [0, 0.1) is 11.6 Å². The first-order valence-corrected chi connectivity index (χ1v) is 19.6. The molecule has 0 radical (unpaired) electrons. The molecule has 268 valence electrons. The Hall–Kier alpha value is -3.60. The fourth-order valence-electron chi connectivity index (χ4n) is 6.98. The van der Waals surface area contributed by atoms with Crippen LogP contribution in [0.4, 0.5) is 8.78 Å². The normalized spacial score (nSPS) is 11.9. The lowest BCUT2D eigenvalue weighted by Crippen LogP contribution is -2.25. The third kappa shape index (κ3) is 9.07. The van der Waals surface area contributed by atoms with Crippen molar-refractivity contribution in [2.45, 2.75) is 63.2 Å². The number of fused-ring (bicyclic) bond motifs is 2. The van der Waals surface area contributed by atoms with Crippen LogP contribution in [0.5, 0.6) is 0 Å². The predicted molar refractivity (Wildman–Crippen MR) is 211 cm³/mol. The van der Waals surface area contributed by atoms with Crippen molar-refractivity contribution in [2.24, 2.45) is 0 Å². The lowest BCUT2D eigenvalue weighted by molar-refractivity contribution is 0.308. The number of nitrogens with zero attached hydrogens (tertiary/aromatic N) is 2. The van der Waals surface area contributed by atoms with E-state index in [1.807, 2.05) is 24.3 Å². The van der Waals surface area contributed by atoms with Gasteiger partial charge in [0, 0.05) is 93.0 Å². The second-order valence-corrected chi connectivity index (χ2v) is 14.7. The van der Waals surface area contributed by atoms with Gasteiger partial charge in [-0.05, 0) is 110 Å². The molecule has 0 bridgehead atoms. The van der Waals surface area contributed by atoms with Gasteiger partial charge in [0.05, 0.1) is 0 Å². The van der Waals surface area contributed by atoms with Crippen molar-refractivity contribution in [1.82, 2.24) is 19.8 Å². The van der Waals surface area contributed by atoms with Crippen LogP contribution in [0.1, 0.15) is 61.3 Å². The molecule has 0 amide bonds. The summed E-state index contributed by atoms with van der Waals surface area (Å²) in [4.78, 5) is 14.1. The molecule has 2 heterocycles. The molecule has 9 heteroatoms. The van der Waals surface area contributed by atoms with Crippen LogP contribution in [0.2, 0.25) is 0 Å². The molecule has 0 aliphatic rings. The molecule has 0 fully saturated rings. The van der Waals surface area contributed by atoms with Crippen molar-refractivity contribution in [3.05, 3.63) is 130 Å². The van der Waals surface area contributed by atoms with Gasteiger partial charge in [0.1, 0.15) is 11.6 Å². The first-order chi connectivity index (χ1) is 24.9. The summed E-state index contributed by atoms with van der Waals surface area (Å²) in [6.07, 6.45) is 3.08. The van der Waals surface area contributed by atoms with Crippen LogP contribution >= 0.6 is 24.1 Å². The maximum absolute atomic E-state index is 14.4. The molecule has 5 nitrogen and oxygen atoms in total. The SMILES string of the molecule is CCN(CC)CCc1c(Cc2ccccc2SOSc2ccccc2Cc2[nH]c3ccc(F)cc3c2CCN(CC)CC)[nH]c2ccc(F)cc12. The van der Waals surface area contributed by atoms with Crippen molar-refractivity contribution in [3.63, 3.8) is 0 Å². The lowest BCUT2D eigenvalue weighted by atomic mass is 10.0. The van der Waals surface area contributed by atoms with Gasteiger partial charge in [-0.15, -0.1) is 0 Å². The molecule has 0 unspecified atom stereocenters. The van der Waals surface area contributed by atoms with Gasteiger partial charge in [0.15, 0.2) is 0 Å². The fraction of sp³-hybridized carbons (Fsp3) is 0.333. The standard InChI is InChI=1S/C42H48F2N4OS2/c1-5-47(6-2)23-21-33-35-27-31(43)17-19-37(35)45-39(33)25-29-13-9-11-15-41(29)50-49-51-42-16-12-10-14-30(42)26-40-34(22-24-48(7-3)8-4)36-28-32(44)18-20-38(36)46-40/h9-20,27-28,45-46H,5-8,21-26H2,1-4H3. The number of hydrogen-bond donors (Lipinski definition) is 2. The third-order valence-corrected chi connectivity index (χ3v) is 11.7. The van der Waals surface area contributed by atoms with Gasteiger partial charge >= 0.3 is 0 Å². The van der Waals surface area contributed by atoms with Gasteiger partial charge in [0.2, 0.25) is 0 Å². The zero-order valence-electron chi connectivity index (χ0n) is 30.0. The fourth-order valence-corrected chi connectivity index (χ4v) is 8.46. The third-order valence-electron chi connectivity index (χ3n) is 9.99. The Bertz CT molecular complexity index is 1900. The van der Waals surface area contributed by atoms with E-state index < -0.39 is 0 Å². The van der Waals surface area contributed by atoms with E-state index in [2.05, 4.69) is 83.9 Å². The van der Waals surface area contributed by atoms with E-state index >= 15 is 0 Å². The first-order valence-electron chi connectivity index (χ1n) is 18.1. The Labute approximate surface area is 309 Å². The average Bonchev–Trinajstić information content (AvgIpc) is 3.66.